The van der Waals surface area contributed by atoms with E-state index in [4.69, 9.17) is 16.3 Å². The van der Waals surface area contributed by atoms with Crippen LogP contribution < -0.4 is 15.4 Å². The van der Waals surface area contributed by atoms with E-state index in [0.29, 0.717) is 21.4 Å². The highest BCUT2D eigenvalue weighted by atomic mass is 35.5. The number of aryl methyl sites for hydroxylation is 2. The first-order valence-electron chi connectivity index (χ1n) is 9.59. The third-order valence-electron chi connectivity index (χ3n) is 4.94. The van der Waals surface area contributed by atoms with Crippen LogP contribution in [0.5, 0.6) is 5.75 Å². The van der Waals surface area contributed by atoms with Crippen LogP contribution in [0.3, 0.4) is 0 Å². The molecule has 3 rings (SSSR count). The molecular formula is C23H22ClN3O3S. The van der Waals surface area contributed by atoms with Crippen LogP contribution in [0.25, 0.3) is 0 Å². The van der Waals surface area contributed by atoms with Gasteiger partial charge in [0, 0.05) is 18.0 Å². The second kappa shape index (κ2) is 9.90. The summed E-state index contributed by atoms with van der Waals surface area (Å²) in [6, 6.07) is 13.2. The van der Waals surface area contributed by atoms with Crippen molar-refractivity contribution in [3.63, 3.8) is 0 Å². The van der Waals surface area contributed by atoms with E-state index in [1.54, 1.807) is 18.2 Å². The molecular weight excluding hydrogens is 434 g/mol. The highest BCUT2D eigenvalue weighted by molar-refractivity contribution is 8.03. The molecule has 1 aliphatic heterocycles. The number of nitriles is 1. The second-order valence-electron chi connectivity index (χ2n) is 7.21. The summed E-state index contributed by atoms with van der Waals surface area (Å²) >= 11 is 7.37. The van der Waals surface area contributed by atoms with Gasteiger partial charge in [-0.05, 0) is 43.2 Å². The first-order chi connectivity index (χ1) is 14.8. The van der Waals surface area contributed by atoms with Gasteiger partial charge < -0.3 is 15.4 Å². The van der Waals surface area contributed by atoms with Gasteiger partial charge in [-0.3, -0.25) is 9.59 Å². The Kier molecular flexibility index (Phi) is 7.26. The van der Waals surface area contributed by atoms with Gasteiger partial charge >= 0.3 is 0 Å². The molecule has 6 nitrogen and oxygen atoms in total. The predicted octanol–water partition coefficient (Wildman–Crippen LogP) is 4.68. The van der Waals surface area contributed by atoms with Crippen molar-refractivity contribution in [2.45, 2.75) is 26.2 Å². The van der Waals surface area contributed by atoms with E-state index in [2.05, 4.69) is 16.7 Å². The van der Waals surface area contributed by atoms with Crippen LogP contribution in [-0.4, -0.2) is 24.7 Å². The fourth-order valence-corrected chi connectivity index (χ4v) is 4.54. The SMILES string of the molecule is COc1ccc([C@H]2CC(=O)NC(SCC(=O)Nc3ccc(C)cc3C)=C2C#N)cc1Cl. The molecule has 0 aliphatic carbocycles. The van der Waals surface area contributed by atoms with Crippen LogP contribution in [0.1, 0.15) is 29.0 Å². The van der Waals surface area contributed by atoms with E-state index in [9.17, 15) is 14.9 Å². The standard InChI is InChI=1S/C23H22ClN3O3S/c1-13-4-6-19(14(2)8-13)26-22(29)12-31-23-17(11-25)16(10-21(28)27-23)15-5-7-20(30-3)18(24)9-15/h4-9,16H,10,12H2,1-3H3,(H,26,29)(H,27,28)/t16-/m1/s1. The van der Waals surface area contributed by atoms with Gasteiger partial charge in [-0.1, -0.05) is 47.1 Å². The monoisotopic (exact) mass is 455 g/mol. The van der Waals surface area contributed by atoms with Gasteiger partial charge in [0.05, 0.1) is 34.6 Å². The minimum absolute atomic E-state index is 0.0597. The Labute approximate surface area is 190 Å². The molecule has 0 aromatic heterocycles. The highest BCUT2D eigenvalue weighted by Crippen LogP contribution is 2.38. The minimum Gasteiger partial charge on any atom is -0.495 e. The number of nitrogens with zero attached hydrogens (tertiary/aromatic N) is 1. The van der Waals surface area contributed by atoms with Crippen molar-refractivity contribution in [2.75, 3.05) is 18.2 Å². The topological polar surface area (TPSA) is 91.2 Å². The molecule has 2 aromatic rings. The van der Waals surface area contributed by atoms with Gasteiger partial charge in [0.25, 0.3) is 0 Å². The molecule has 8 heteroatoms. The van der Waals surface area contributed by atoms with E-state index in [-0.39, 0.29) is 24.0 Å². The van der Waals surface area contributed by atoms with Crippen molar-refractivity contribution >= 4 is 40.9 Å². The summed E-state index contributed by atoms with van der Waals surface area (Å²) in [5.41, 5.74) is 3.98. The number of benzene rings is 2. The molecule has 31 heavy (non-hydrogen) atoms. The zero-order chi connectivity index (χ0) is 22.5. The number of rotatable bonds is 6. The molecule has 1 atom stereocenters. The third kappa shape index (κ3) is 5.40. The summed E-state index contributed by atoms with van der Waals surface area (Å²) in [4.78, 5) is 24.8. The lowest BCUT2D eigenvalue weighted by atomic mass is 9.87. The number of nitrogens with one attached hydrogen (secondary N) is 2. The smallest absolute Gasteiger partial charge is 0.234 e. The van der Waals surface area contributed by atoms with Gasteiger partial charge in [0.2, 0.25) is 11.8 Å². The van der Waals surface area contributed by atoms with Crippen molar-refractivity contribution in [1.82, 2.24) is 5.32 Å². The molecule has 0 fully saturated rings. The van der Waals surface area contributed by atoms with Crippen molar-refractivity contribution in [2.24, 2.45) is 0 Å². The van der Waals surface area contributed by atoms with Crippen molar-refractivity contribution in [3.8, 4) is 11.8 Å². The van der Waals surface area contributed by atoms with Crippen molar-refractivity contribution < 1.29 is 14.3 Å². The lowest BCUT2D eigenvalue weighted by Crippen LogP contribution is -2.31. The number of hydrogen-bond acceptors (Lipinski definition) is 5. The number of carbonyl (C=O) groups is 2. The summed E-state index contributed by atoms with van der Waals surface area (Å²) < 4.78 is 5.17. The van der Waals surface area contributed by atoms with E-state index in [1.807, 2.05) is 32.0 Å². The maximum Gasteiger partial charge on any atom is 0.234 e. The average Bonchev–Trinajstić information content (AvgIpc) is 2.73. The molecule has 0 saturated carbocycles. The first kappa shape index (κ1) is 22.7. The number of amides is 2. The van der Waals surface area contributed by atoms with Crippen LogP contribution in [0.15, 0.2) is 47.0 Å². The summed E-state index contributed by atoms with van der Waals surface area (Å²) in [6.07, 6.45) is 0.129. The molecule has 0 spiro atoms. The van der Waals surface area contributed by atoms with Crippen LogP contribution in [0.2, 0.25) is 5.02 Å². The zero-order valence-corrected chi connectivity index (χ0v) is 19.0. The molecule has 2 amide bonds. The van der Waals surface area contributed by atoms with Crippen LogP contribution in [0, 0.1) is 25.2 Å². The minimum atomic E-state index is -0.438. The first-order valence-corrected chi connectivity index (χ1v) is 11.0. The van der Waals surface area contributed by atoms with E-state index < -0.39 is 5.92 Å². The molecule has 2 aromatic carbocycles. The lowest BCUT2D eigenvalue weighted by molar-refractivity contribution is -0.121. The van der Waals surface area contributed by atoms with E-state index in [1.165, 1.54) is 7.11 Å². The van der Waals surface area contributed by atoms with Crippen LogP contribution in [0.4, 0.5) is 5.69 Å². The summed E-state index contributed by atoms with van der Waals surface area (Å²) in [5.74, 6) is -0.291. The van der Waals surface area contributed by atoms with E-state index in [0.717, 1.165) is 34.1 Å². The number of ether oxygens (including phenoxy) is 1. The van der Waals surface area contributed by atoms with Gasteiger partial charge in [-0.15, -0.1) is 0 Å². The van der Waals surface area contributed by atoms with Crippen LogP contribution >= 0.6 is 23.4 Å². The number of halogens is 1. The normalized spacial score (nSPS) is 15.8. The fourth-order valence-electron chi connectivity index (χ4n) is 3.39. The van der Waals surface area contributed by atoms with Crippen LogP contribution in [-0.2, 0) is 9.59 Å². The molecule has 0 saturated heterocycles. The second-order valence-corrected chi connectivity index (χ2v) is 8.60. The Bertz CT molecular complexity index is 1110. The summed E-state index contributed by atoms with van der Waals surface area (Å²) in [7, 11) is 1.52. The molecule has 1 aliphatic rings. The maximum absolute atomic E-state index is 12.5. The molecule has 160 valence electrons. The Hall–Kier alpha value is -2.95. The number of anilines is 1. The Morgan fingerprint density at radius 3 is 2.74 bits per heavy atom. The molecule has 0 radical (unpaired) electrons. The Morgan fingerprint density at radius 1 is 1.32 bits per heavy atom. The Balaban J connectivity index is 1.78. The Morgan fingerprint density at radius 2 is 2.10 bits per heavy atom. The molecule has 0 bridgehead atoms. The fraction of sp³-hybridized carbons (Fsp3) is 0.261. The summed E-state index contributed by atoms with van der Waals surface area (Å²) in [6.45, 7) is 3.92. The molecule has 1 heterocycles. The number of methoxy groups -OCH3 is 1. The number of carbonyl (C=O) groups excluding carboxylic acids is 2. The van der Waals surface area contributed by atoms with E-state index >= 15 is 0 Å². The quantitative estimate of drug-likeness (QED) is 0.660. The van der Waals surface area contributed by atoms with Crippen molar-refractivity contribution in [1.29, 1.82) is 5.26 Å². The predicted molar refractivity (Wildman–Crippen MR) is 123 cm³/mol. The van der Waals surface area contributed by atoms with Crippen molar-refractivity contribution in [3.05, 3.63) is 68.7 Å². The zero-order valence-electron chi connectivity index (χ0n) is 17.4. The largest absolute Gasteiger partial charge is 0.495 e. The maximum atomic E-state index is 12.5. The highest BCUT2D eigenvalue weighted by Gasteiger charge is 2.30. The number of thioether (sulfide) groups is 1. The van der Waals surface area contributed by atoms with Gasteiger partial charge in [0.15, 0.2) is 0 Å². The summed E-state index contributed by atoms with van der Waals surface area (Å²) in [5, 5.41) is 16.2. The molecule has 2 N–H and O–H groups in total. The lowest BCUT2D eigenvalue weighted by Gasteiger charge is -2.25. The van der Waals surface area contributed by atoms with Gasteiger partial charge in [-0.25, -0.2) is 0 Å². The average molecular weight is 456 g/mol. The van der Waals surface area contributed by atoms with Gasteiger partial charge in [-0.2, -0.15) is 5.26 Å². The molecule has 0 unspecified atom stereocenters. The number of allylic oxidation sites excluding steroid dienone is 1. The number of hydrogen-bond donors (Lipinski definition) is 2. The third-order valence-corrected chi connectivity index (χ3v) is 6.25. The van der Waals surface area contributed by atoms with Gasteiger partial charge in [0.1, 0.15) is 5.75 Å².